The lowest BCUT2D eigenvalue weighted by molar-refractivity contribution is 0.122. The van der Waals surface area contributed by atoms with E-state index in [1.807, 2.05) is 25.1 Å². The van der Waals surface area contributed by atoms with Gasteiger partial charge in [-0.3, -0.25) is 0 Å². The molecule has 8 heteroatoms. The SMILES string of the molecule is COc1cc(Nc2cc(C)nc(N3CCOCC3)n2)cc(OC)c1OC. The number of morpholine rings is 1. The summed E-state index contributed by atoms with van der Waals surface area (Å²) in [5.74, 6) is 3.10. The first-order valence-corrected chi connectivity index (χ1v) is 8.40. The van der Waals surface area contributed by atoms with Gasteiger partial charge < -0.3 is 29.2 Å². The van der Waals surface area contributed by atoms with Crippen LogP contribution in [0.25, 0.3) is 0 Å². The Hall–Kier alpha value is -2.74. The van der Waals surface area contributed by atoms with Crippen LogP contribution in [0.5, 0.6) is 17.2 Å². The Morgan fingerprint density at radius 2 is 1.62 bits per heavy atom. The minimum absolute atomic E-state index is 0.549. The third-order valence-corrected chi connectivity index (χ3v) is 4.07. The number of aryl methyl sites for hydroxylation is 1. The highest BCUT2D eigenvalue weighted by molar-refractivity contribution is 5.67. The highest BCUT2D eigenvalue weighted by atomic mass is 16.5. The molecule has 1 saturated heterocycles. The van der Waals surface area contributed by atoms with Crippen LogP contribution in [0.3, 0.4) is 0 Å². The molecule has 0 bridgehead atoms. The van der Waals surface area contributed by atoms with E-state index in [-0.39, 0.29) is 0 Å². The van der Waals surface area contributed by atoms with Gasteiger partial charge in [0.1, 0.15) is 5.82 Å². The van der Waals surface area contributed by atoms with Gasteiger partial charge in [-0.05, 0) is 6.92 Å². The van der Waals surface area contributed by atoms with Crippen molar-refractivity contribution in [3.05, 3.63) is 23.9 Å². The van der Waals surface area contributed by atoms with Crippen molar-refractivity contribution >= 4 is 17.5 Å². The number of nitrogens with one attached hydrogen (secondary N) is 1. The van der Waals surface area contributed by atoms with Gasteiger partial charge in [-0.25, -0.2) is 4.98 Å². The molecule has 0 atom stereocenters. The van der Waals surface area contributed by atoms with Gasteiger partial charge in [0.15, 0.2) is 11.5 Å². The van der Waals surface area contributed by atoms with Gasteiger partial charge in [0.05, 0.1) is 34.5 Å². The quantitative estimate of drug-likeness (QED) is 0.841. The molecule has 1 aliphatic heterocycles. The molecule has 0 unspecified atom stereocenters. The van der Waals surface area contributed by atoms with Crippen LogP contribution in [0.2, 0.25) is 0 Å². The molecule has 1 aromatic heterocycles. The van der Waals surface area contributed by atoms with E-state index in [1.165, 1.54) is 0 Å². The maximum absolute atomic E-state index is 5.40. The molecule has 0 aliphatic carbocycles. The third kappa shape index (κ3) is 3.91. The molecule has 1 N–H and O–H groups in total. The van der Waals surface area contributed by atoms with E-state index in [0.717, 1.165) is 24.5 Å². The minimum Gasteiger partial charge on any atom is -0.493 e. The number of benzene rings is 1. The summed E-state index contributed by atoms with van der Waals surface area (Å²) in [6.45, 7) is 4.89. The highest BCUT2D eigenvalue weighted by Gasteiger charge is 2.16. The topological polar surface area (TPSA) is 78.0 Å². The molecular formula is C18H24N4O4. The van der Waals surface area contributed by atoms with Gasteiger partial charge in [-0.15, -0.1) is 0 Å². The zero-order chi connectivity index (χ0) is 18.5. The summed E-state index contributed by atoms with van der Waals surface area (Å²) in [4.78, 5) is 11.3. The van der Waals surface area contributed by atoms with E-state index in [1.54, 1.807) is 21.3 Å². The smallest absolute Gasteiger partial charge is 0.227 e. The lowest BCUT2D eigenvalue weighted by Gasteiger charge is -2.27. The maximum Gasteiger partial charge on any atom is 0.227 e. The largest absolute Gasteiger partial charge is 0.493 e. The molecule has 0 spiro atoms. The number of aromatic nitrogens is 2. The van der Waals surface area contributed by atoms with E-state index in [4.69, 9.17) is 18.9 Å². The monoisotopic (exact) mass is 360 g/mol. The lowest BCUT2D eigenvalue weighted by atomic mass is 10.2. The molecule has 0 amide bonds. The third-order valence-electron chi connectivity index (χ3n) is 4.07. The van der Waals surface area contributed by atoms with Crippen molar-refractivity contribution in [2.75, 3.05) is 57.8 Å². The van der Waals surface area contributed by atoms with Crippen LogP contribution in [-0.4, -0.2) is 57.6 Å². The Balaban J connectivity index is 1.89. The summed E-state index contributed by atoms with van der Waals surface area (Å²) >= 11 is 0. The number of anilines is 3. The minimum atomic E-state index is 0.549. The van der Waals surface area contributed by atoms with Gasteiger partial charge in [-0.1, -0.05) is 0 Å². The fourth-order valence-electron chi connectivity index (χ4n) is 2.82. The van der Waals surface area contributed by atoms with Gasteiger partial charge in [-0.2, -0.15) is 4.98 Å². The second-order valence-electron chi connectivity index (χ2n) is 5.83. The first-order valence-electron chi connectivity index (χ1n) is 8.40. The van der Waals surface area contributed by atoms with Crippen molar-refractivity contribution in [3.63, 3.8) is 0 Å². The lowest BCUT2D eigenvalue weighted by Crippen LogP contribution is -2.37. The average Bonchev–Trinajstić information content (AvgIpc) is 2.67. The average molecular weight is 360 g/mol. The zero-order valence-electron chi connectivity index (χ0n) is 15.5. The summed E-state index contributed by atoms with van der Waals surface area (Å²) in [6, 6.07) is 5.58. The van der Waals surface area contributed by atoms with Crippen molar-refractivity contribution in [3.8, 4) is 17.2 Å². The van der Waals surface area contributed by atoms with Crippen molar-refractivity contribution < 1.29 is 18.9 Å². The number of rotatable bonds is 6. The van der Waals surface area contributed by atoms with Crippen LogP contribution in [-0.2, 0) is 4.74 Å². The molecule has 26 heavy (non-hydrogen) atoms. The van der Waals surface area contributed by atoms with Crippen LogP contribution in [0.15, 0.2) is 18.2 Å². The number of ether oxygens (including phenoxy) is 4. The molecule has 3 rings (SSSR count). The molecule has 1 aromatic carbocycles. The van der Waals surface area contributed by atoms with Gasteiger partial charge in [0.2, 0.25) is 11.7 Å². The van der Waals surface area contributed by atoms with Gasteiger partial charge in [0, 0.05) is 42.7 Å². The second-order valence-corrected chi connectivity index (χ2v) is 5.83. The molecular weight excluding hydrogens is 336 g/mol. The van der Waals surface area contributed by atoms with E-state index in [9.17, 15) is 0 Å². The van der Waals surface area contributed by atoms with Gasteiger partial charge in [0.25, 0.3) is 0 Å². The first-order chi connectivity index (χ1) is 12.6. The number of hydrogen-bond acceptors (Lipinski definition) is 8. The van der Waals surface area contributed by atoms with Crippen molar-refractivity contribution in [2.24, 2.45) is 0 Å². The van der Waals surface area contributed by atoms with Crippen molar-refractivity contribution in [1.82, 2.24) is 9.97 Å². The van der Waals surface area contributed by atoms with Crippen LogP contribution in [0.4, 0.5) is 17.5 Å². The number of hydrogen-bond donors (Lipinski definition) is 1. The Morgan fingerprint density at radius 1 is 0.962 bits per heavy atom. The number of nitrogens with zero attached hydrogens (tertiary/aromatic N) is 3. The Bertz CT molecular complexity index is 738. The fourth-order valence-corrected chi connectivity index (χ4v) is 2.82. The van der Waals surface area contributed by atoms with E-state index >= 15 is 0 Å². The first kappa shape index (κ1) is 18.1. The highest BCUT2D eigenvalue weighted by Crippen LogP contribution is 2.40. The summed E-state index contributed by atoms with van der Waals surface area (Å²) in [7, 11) is 4.76. The Morgan fingerprint density at radius 3 is 2.19 bits per heavy atom. The maximum atomic E-state index is 5.40. The molecule has 2 heterocycles. The van der Waals surface area contributed by atoms with Crippen LogP contribution < -0.4 is 24.4 Å². The van der Waals surface area contributed by atoms with E-state index < -0.39 is 0 Å². The van der Waals surface area contributed by atoms with Crippen LogP contribution >= 0.6 is 0 Å². The summed E-state index contributed by atoms with van der Waals surface area (Å²) in [6.07, 6.45) is 0. The summed E-state index contributed by atoms with van der Waals surface area (Å²) in [5, 5.41) is 3.30. The molecule has 2 aromatic rings. The van der Waals surface area contributed by atoms with Crippen molar-refractivity contribution in [1.29, 1.82) is 0 Å². The van der Waals surface area contributed by atoms with E-state index in [2.05, 4.69) is 20.2 Å². The number of methoxy groups -OCH3 is 3. The van der Waals surface area contributed by atoms with E-state index in [0.29, 0.717) is 42.2 Å². The summed E-state index contributed by atoms with van der Waals surface area (Å²) in [5.41, 5.74) is 1.67. The molecule has 8 nitrogen and oxygen atoms in total. The zero-order valence-corrected chi connectivity index (χ0v) is 15.5. The normalized spacial score (nSPS) is 14.1. The Labute approximate surface area is 153 Å². The predicted octanol–water partition coefficient (Wildman–Crippen LogP) is 2.39. The second kappa shape index (κ2) is 8.09. The molecule has 0 radical (unpaired) electrons. The standard InChI is InChI=1S/C18H24N4O4/c1-12-9-16(21-18(19-12)22-5-7-26-8-6-22)20-13-10-14(23-2)17(25-4)15(11-13)24-3/h9-11H,5-8H2,1-4H3,(H,19,20,21). The van der Waals surface area contributed by atoms with Gasteiger partial charge >= 0.3 is 0 Å². The molecule has 1 fully saturated rings. The molecule has 0 saturated carbocycles. The van der Waals surface area contributed by atoms with Crippen LogP contribution in [0, 0.1) is 6.92 Å². The fraction of sp³-hybridized carbons (Fsp3) is 0.444. The van der Waals surface area contributed by atoms with Crippen molar-refractivity contribution in [2.45, 2.75) is 6.92 Å². The Kier molecular flexibility index (Phi) is 5.62. The van der Waals surface area contributed by atoms with Crippen LogP contribution in [0.1, 0.15) is 5.69 Å². The predicted molar refractivity (Wildman–Crippen MR) is 99.2 cm³/mol. The summed E-state index contributed by atoms with van der Waals surface area (Å²) < 4.78 is 21.6. The molecule has 1 aliphatic rings. The molecule has 140 valence electrons.